The maximum Gasteiger partial charge on any atom is 0.337 e. The van der Waals surface area contributed by atoms with Crippen LogP contribution in [0.2, 0.25) is 0 Å². The van der Waals surface area contributed by atoms with Crippen LogP contribution in [-0.4, -0.2) is 18.2 Å². The number of aromatic carboxylic acids is 1. The van der Waals surface area contributed by atoms with Gasteiger partial charge in [0.05, 0.1) is 18.4 Å². The van der Waals surface area contributed by atoms with Gasteiger partial charge in [-0.05, 0) is 24.6 Å². The van der Waals surface area contributed by atoms with E-state index in [1.807, 2.05) is 0 Å². The molecule has 0 aliphatic rings. The number of nitrogens with two attached hydrogens (primary N) is 1. The minimum Gasteiger partial charge on any atom is -0.495 e. The summed E-state index contributed by atoms with van der Waals surface area (Å²) in [6.07, 6.45) is 0. The Hall–Kier alpha value is -1.71. The average molecular weight is 181 g/mol. The molecule has 4 heteroatoms. The second kappa shape index (κ2) is 3.35. The van der Waals surface area contributed by atoms with Gasteiger partial charge in [-0.1, -0.05) is 0 Å². The Balaban J connectivity index is 3.35. The van der Waals surface area contributed by atoms with Crippen molar-refractivity contribution in [2.24, 2.45) is 0 Å². The lowest BCUT2D eigenvalue weighted by molar-refractivity contribution is 0.0697. The second-order valence-corrected chi connectivity index (χ2v) is 2.73. The molecule has 0 radical (unpaired) electrons. The first-order chi connectivity index (χ1) is 6.06. The number of carbonyl (C=O) groups is 1. The van der Waals surface area contributed by atoms with Crippen molar-refractivity contribution in [3.8, 4) is 5.75 Å². The molecule has 70 valence electrons. The number of rotatable bonds is 2. The lowest BCUT2D eigenvalue weighted by atomic mass is 10.1. The summed E-state index contributed by atoms with van der Waals surface area (Å²) in [4.78, 5) is 10.7. The van der Waals surface area contributed by atoms with Gasteiger partial charge in [0, 0.05) is 0 Å². The highest BCUT2D eigenvalue weighted by Crippen LogP contribution is 2.26. The van der Waals surface area contributed by atoms with Crippen molar-refractivity contribution in [1.82, 2.24) is 0 Å². The Morgan fingerprint density at radius 2 is 2.15 bits per heavy atom. The van der Waals surface area contributed by atoms with Crippen LogP contribution < -0.4 is 10.5 Å². The third-order valence-corrected chi connectivity index (χ3v) is 1.74. The van der Waals surface area contributed by atoms with Gasteiger partial charge in [0.25, 0.3) is 0 Å². The molecule has 0 heterocycles. The molecule has 0 unspecified atom stereocenters. The smallest absolute Gasteiger partial charge is 0.337 e. The average Bonchev–Trinajstić information content (AvgIpc) is 2.08. The molecule has 0 aromatic heterocycles. The van der Waals surface area contributed by atoms with Crippen molar-refractivity contribution in [3.63, 3.8) is 0 Å². The number of benzene rings is 1. The summed E-state index contributed by atoms with van der Waals surface area (Å²) in [5.74, 6) is -0.642. The van der Waals surface area contributed by atoms with Crippen LogP contribution in [0.5, 0.6) is 5.75 Å². The molecule has 1 aromatic rings. The standard InChI is InChI=1S/C9H11NO3/c1-5-3-6(9(11)12)8(10)7(4-5)13-2/h3-4H,10H2,1-2H3,(H,11,12). The summed E-state index contributed by atoms with van der Waals surface area (Å²) in [7, 11) is 1.46. The molecule has 4 nitrogen and oxygen atoms in total. The Bertz CT molecular complexity index is 347. The lowest BCUT2D eigenvalue weighted by Gasteiger charge is -2.08. The van der Waals surface area contributed by atoms with Crippen LogP contribution in [-0.2, 0) is 0 Å². The van der Waals surface area contributed by atoms with Crippen molar-refractivity contribution in [1.29, 1.82) is 0 Å². The van der Waals surface area contributed by atoms with Crippen LogP contribution in [0, 0.1) is 6.92 Å². The van der Waals surface area contributed by atoms with Crippen LogP contribution in [0.25, 0.3) is 0 Å². The SMILES string of the molecule is COc1cc(C)cc(C(=O)O)c1N. The quantitative estimate of drug-likeness (QED) is 0.674. The molecule has 0 fully saturated rings. The van der Waals surface area contributed by atoms with Gasteiger partial charge < -0.3 is 15.6 Å². The third-order valence-electron chi connectivity index (χ3n) is 1.74. The van der Waals surface area contributed by atoms with Crippen LogP contribution in [0.3, 0.4) is 0 Å². The molecule has 0 aliphatic heterocycles. The van der Waals surface area contributed by atoms with E-state index in [0.29, 0.717) is 5.75 Å². The summed E-state index contributed by atoms with van der Waals surface area (Å²) in [5, 5.41) is 8.77. The predicted molar refractivity (Wildman–Crippen MR) is 49.1 cm³/mol. The Labute approximate surface area is 75.9 Å². The van der Waals surface area contributed by atoms with Crippen molar-refractivity contribution in [2.45, 2.75) is 6.92 Å². The van der Waals surface area contributed by atoms with Crippen molar-refractivity contribution in [3.05, 3.63) is 23.3 Å². The molecule has 0 spiro atoms. The van der Waals surface area contributed by atoms with Crippen molar-refractivity contribution < 1.29 is 14.6 Å². The van der Waals surface area contributed by atoms with E-state index in [9.17, 15) is 4.79 Å². The van der Waals surface area contributed by atoms with Gasteiger partial charge in [-0.3, -0.25) is 0 Å². The van der Waals surface area contributed by atoms with E-state index in [-0.39, 0.29) is 11.3 Å². The van der Waals surface area contributed by atoms with Gasteiger partial charge in [-0.2, -0.15) is 0 Å². The number of hydrogen-bond donors (Lipinski definition) is 2. The Kier molecular flexibility index (Phi) is 2.41. The second-order valence-electron chi connectivity index (χ2n) is 2.73. The number of ether oxygens (including phenoxy) is 1. The molecule has 13 heavy (non-hydrogen) atoms. The van der Waals surface area contributed by atoms with Crippen LogP contribution in [0.1, 0.15) is 15.9 Å². The molecule has 1 aromatic carbocycles. The fraction of sp³-hybridized carbons (Fsp3) is 0.222. The van der Waals surface area contributed by atoms with E-state index in [2.05, 4.69) is 0 Å². The molecule has 0 saturated carbocycles. The first-order valence-electron chi connectivity index (χ1n) is 3.73. The van der Waals surface area contributed by atoms with E-state index in [1.54, 1.807) is 13.0 Å². The van der Waals surface area contributed by atoms with Crippen LogP contribution in [0.4, 0.5) is 5.69 Å². The summed E-state index contributed by atoms with van der Waals surface area (Å²) in [6.45, 7) is 1.79. The summed E-state index contributed by atoms with van der Waals surface area (Å²) < 4.78 is 4.93. The van der Waals surface area contributed by atoms with E-state index in [4.69, 9.17) is 15.6 Å². The van der Waals surface area contributed by atoms with Gasteiger partial charge in [-0.15, -0.1) is 0 Å². The fourth-order valence-electron chi connectivity index (χ4n) is 1.11. The van der Waals surface area contributed by atoms with Gasteiger partial charge in [0.1, 0.15) is 5.75 Å². The van der Waals surface area contributed by atoms with Gasteiger partial charge in [-0.25, -0.2) is 4.79 Å². The fourth-order valence-corrected chi connectivity index (χ4v) is 1.11. The lowest BCUT2D eigenvalue weighted by Crippen LogP contribution is -2.04. The van der Waals surface area contributed by atoms with Gasteiger partial charge in [0.2, 0.25) is 0 Å². The topological polar surface area (TPSA) is 72.5 Å². The molecule has 3 N–H and O–H groups in total. The maximum atomic E-state index is 10.7. The third kappa shape index (κ3) is 1.72. The molecule has 0 amide bonds. The molecule has 0 saturated heterocycles. The Morgan fingerprint density at radius 3 is 2.62 bits per heavy atom. The Morgan fingerprint density at radius 1 is 1.54 bits per heavy atom. The van der Waals surface area contributed by atoms with E-state index < -0.39 is 5.97 Å². The number of nitrogen functional groups attached to an aromatic ring is 1. The van der Waals surface area contributed by atoms with E-state index in [0.717, 1.165) is 5.56 Å². The van der Waals surface area contributed by atoms with Crippen LogP contribution in [0.15, 0.2) is 12.1 Å². The van der Waals surface area contributed by atoms with Gasteiger partial charge in [0.15, 0.2) is 0 Å². The zero-order chi connectivity index (χ0) is 10.0. The molecular formula is C9H11NO3. The number of carboxylic acids is 1. The summed E-state index contributed by atoms with van der Waals surface area (Å²) >= 11 is 0. The highest BCUT2D eigenvalue weighted by Gasteiger charge is 2.12. The minimum atomic E-state index is -1.04. The van der Waals surface area contributed by atoms with Crippen molar-refractivity contribution in [2.75, 3.05) is 12.8 Å². The van der Waals surface area contributed by atoms with E-state index in [1.165, 1.54) is 13.2 Å². The largest absolute Gasteiger partial charge is 0.495 e. The highest BCUT2D eigenvalue weighted by atomic mass is 16.5. The maximum absolute atomic E-state index is 10.7. The zero-order valence-corrected chi connectivity index (χ0v) is 7.50. The monoisotopic (exact) mass is 181 g/mol. The number of anilines is 1. The molecule has 0 bridgehead atoms. The number of methoxy groups -OCH3 is 1. The minimum absolute atomic E-state index is 0.0804. The molecular weight excluding hydrogens is 170 g/mol. The number of carboxylic acid groups (broad SMARTS) is 1. The molecule has 1 rings (SSSR count). The number of hydrogen-bond acceptors (Lipinski definition) is 3. The van der Waals surface area contributed by atoms with E-state index >= 15 is 0 Å². The number of aryl methyl sites for hydroxylation is 1. The predicted octanol–water partition coefficient (Wildman–Crippen LogP) is 1.28. The van der Waals surface area contributed by atoms with Gasteiger partial charge >= 0.3 is 5.97 Å². The summed E-state index contributed by atoms with van der Waals surface area (Å²) in [5.41, 5.74) is 6.61. The van der Waals surface area contributed by atoms with Crippen LogP contribution >= 0.6 is 0 Å². The highest BCUT2D eigenvalue weighted by molar-refractivity contribution is 5.95. The summed E-state index contributed by atoms with van der Waals surface area (Å²) in [6, 6.07) is 3.21. The normalized spacial score (nSPS) is 9.69. The molecule has 0 atom stereocenters. The first kappa shape index (κ1) is 9.38. The first-order valence-corrected chi connectivity index (χ1v) is 3.73. The van der Waals surface area contributed by atoms with Crippen molar-refractivity contribution >= 4 is 11.7 Å². The molecule has 0 aliphatic carbocycles. The zero-order valence-electron chi connectivity index (χ0n) is 7.50.